The Hall–Kier alpha value is -3.05. The zero-order chi connectivity index (χ0) is 18.7. The van der Waals surface area contributed by atoms with Crippen LogP contribution in [0.1, 0.15) is 5.56 Å². The van der Waals surface area contributed by atoms with Gasteiger partial charge in [0.15, 0.2) is 11.5 Å². The molecule has 0 saturated heterocycles. The number of rotatable bonds is 5. The third-order valence-electron chi connectivity index (χ3n) is 3.80. The van der Waals surface area contributed by atoms with Crippen molar-refractivity contribution in [2.45, 2.75) is 6.92 Å². The molecule has 6 heteroatoms. The maximum absolute atomic E-state index is 12.5. The van der Waals surface area contributed by atoms with Crippen LogP contribution in [-0.2, 0) is 0 Å². The molecular formula is C20H16ClNO4. The maximum Gasteiger partial charge on any atom is 0.348 e. The van der Waals surface area contributed by atoms with Gasteiger partial charge >= 0.3 is 5.63 Å². The molecule has 2 heterocycles. The Morgan fingerprint density at radius 1 is 1.38 bits per heavy atom. The molecule has 0 amide bonds. The molecule has 0 aliphatic rings. The van der Waals surface area contributed by atoms with Gasteiger partial charge in [0.2, 0.25) is 0 Å². The number of nitrogens with zero attached hydrogens (tertiary/aromatic N) is 1. The fourth-order valence-electron chi connectivity index (χ4n) is 2.58. The average molecular weight is 370 g/mol. The van der Waals surface area contributed by atoms with Crippen molar-refractivity contribution >= 4 is 11.6 Å². The Kier molecular flexibility index (Phi) is 5.09. The highest BCUT2D eigenvalue weighted by atomic mass is 35.5. The summed E-state index contributed by atoms with van der Waals surface area (Å²) in [7, 11) is 0. The van der Waals surface area contributed by atoms with Crippen LogP contribution in [0.2, 0.25) is 5.02 Å². The summed E-state index contributed by atoms with van der Waals surface area (Å²) in [6, 6.07) is 8.52. The Morgan fingerprint density at radius 3 is 2.85 bits per heavy atom. The zero-order valence-electron chi connectivity index (χ0n) is 14.0. The van der Waals surface area contributed by atoms with E-state index in [1.165, 1.54) is 6.20 Å². The second kappa shape index (κ2) is 7.45. The molecule has 0 bridgehead atoms. The first-order valence-electron chi connectivity index (χ1n) is 7.83. The maximum atomic E-state index is 12.5. The molecule has 0 fully saturated rings. The highest BCUT2D eigenvalue weighted by molar-refractivity contribution is 6.34. The van der Waals surface area contributed by atoms with E-state index in [-0.39, 0.29) is 22.1 Å². The van der Waals surface area contributed by atoms with E-state index < -0.39 is 5.63 Å². The SMILES string of the molecule is C=CCOc1ccc(-c2c(O)c(Cl)c(-c3cccnc3)oc2=O)c(C)c1. The monoisotopic (exact) mass is 369 g/mol. The number of pyridine rings is 1. The molecule has 0 unspecified atom stereocenters. The molecule has 0 spiro atoms. The summed E-state index contributed by atoms with van der Waals surface area (Å²) in [5.74, 6) is 0.382. The van der Waals surface area contributed by atoms with Crippen molar-refractivity contribution < 1.29 is 14.3 Å². The van der Waals surface area contributed by atoms with Crippen LogP contribution >= 0.6 is 11.6 Å². The van der Waals surface area contributed by atoms with Gasteiger partial charge in [-0.3, -0.25) is 4.98 Å². The van der Waals surface area contributed by atoms with Crippen molar-refractivity contribution in [2.75, 3.05) is 6.61 Å². The van der Waals surface area contributed by atoms with Gasteiger partial charge in [-0.25, -0.2) is 4.79 Å². The van der Waals surface area contributed by atoms with Crippen LogP contribution in [0.5, 0.6) is 11.5 Å². The summed E-state index contributed by atoms with van der Waals surface area (Å²) < 4.78 is 10.9. The van der Waals surface area contributed by atoms with E-state index in [0.29, 0.717) is 23.5 Å². The zero-order valence-corrected chi connectivity index (χ0v) is 14.8. The Bertz CT molecular complexity index is 1010. The van der Waals surface area contributed by atoms with Crippen LogP contribution in [-0.4, -0.2) is 16.7 Å². The number of benzene rings is 1. The van der Waals surface area contributed by atoms with E-state index in [9.17, 15) is 9.90 Å². The number of hydrogen-bond acceptors (Lipinski definition) is 5. The molecular weight excluding hydrogens is 354 g/mol. The minimum atomic E-state index is -0.686. The molecule has 132 valence electrons. The summed E-state index contributed by atoms with van der Waals surface area (Å²) in [6.07, 6.45) is 4.73. The van der Waals surface area contributed by atoms with Gasteiger partial charge in [0.1, 0.15) is 22.9 Å². The van der Waals surface area contributed by atoms with E-state index >= 15 is 0 Å². The molecule has 0 atom stereocenters. The first kappa shape index (κ1) is 17.8. The van der Waals surface area contributed by atoms with Crippen LogP contribution in [0.4, 0.5) is 0 Å². The molecule has 1 aromatic carbocycles. The Morgan fingerprint density at radius 2 is 2.19 bits per heavy atom. The van der Waals surface area contributed by atoms with Gasteiger partial charge < -0.3 is 14.3 Å². The van der Waals surface area contributed by atoms with Crippen molar-refractivity contribution in [1.29, 1.82) is 0 Å². The van der Waals surface area contributed by atoms with Crippen molar-refractivity contribution in [3.63, 3.8) is 0 Å². The van der Waals surface area contributed by atoms with E-state index in [0.717, 1.165) is 5.56 Å². The minimum Gasteiger partial charge on any atom is -0.505 e. The van der Waals surface area contributed by atoms with Crippen molar-refractivity contribution in [3.05, 3.63) is 76.4 Å². The van der Waals surface area contributed by atoms with E-state index in [1.54, 1.807) is 49.5 Å². The second-order valence-corrected chi connectivity index (χ2v) is 5.95. The number of halogens is 1. The van der Waals surface area contributed by atoms with Gasteiger partial charge in [-0.1, -0.05) is 30.3 Å². The van der Waals surface area contributed by atoms with Crippen LogP contribution in [0.15, 0.2) is 64.6 Å². The standard InChI is InChI=1S/C20H16ClNO4/c1-3-9-25-14-6-7-15(12(2)10-14)16-18(23)17(21)19(26-20(16)24)13-5-4-8-22-11-13/h3-8,10-11,23H,1,9H2,2H3. The lowest BCUT2D eigenvalue weighted by molar-refractivity contribution is 0.363. The molecule has 0 radical (unpaired) electrons. The Balaban J connectivity index is 2.11. The first-order valence-corrected chi connectivity index (χ1v) is 8.21. The number of aryl methyl sites for hydroxylation is 1. The van der Waals surface area contributed by atoms with E-state index in [2.05, 4.69) is 11.6 Å². The van der Waals surface area contributed by atoms with Crippen LogP contribution in [0.3, 0.4) is 0 Å². The van der Waals surface area contributed by atoms with E-state index in [4.69, 9.17) is 20.8 Å². The summed E-state index contributed by atoms with van der Waals surface area (Å²) in [5, 5.41) is 10.5. The normalized spacial score (nSPS) is 10.5. The van der Waals surface area contributed by atoms with Gasteiger partial charge in [-0.15, -0.1) is 0 Å². The number of hydrogen-bond donors (Lipinski definition) is 1. The van der Waals surface area contributed by atoms with Crippen LogP contribution in [0.25, 0.3) is 22.5 Å². The minimum absolute atomic E-state index is 0.00964. The average Bonchev–Trinajstić information content (AvgIpc) is 2.65. The largest absolute Gasteiger partial charge is 0.505 e. The number of aromatic nitrogens is 1. The summed E-state index contributed by atoms with van der Waals surface area (Å²) in [5.41, 5.74) is 1.08. The summed E-state index contributed by atoms with van der Waals surface area (Å²) >= 11 is 6.26. The predicted molar refractivity (Wildman–Crippen MR) is 101 cm³/mol. The van der Waals surface area contributed by atoms with Gasteiger partial charge in [0.25, 0.3) is 0 Å². The van der Waals surface area contributed by atoms with Gasteiger partial charge in [0, 0.05) is 18.0 Å². The third kappa shape index (κ3) is 3.34. The molecule has 26 heavy (non-hydrogen) atoms. The molecule has 0 aliphatic carbocycles. The molecule has 1 N–H and O–H groups in total. The number of ether oxygens (including phenoxy) is 1. The van der Waals surface area contributed by atoms with Crippen molar-refractivity contribution in [1.82, 2.24) is 4.98 Å². The fraction of sp³-hybridized carbons (Fsp3) is 0.100. The second-order valence-electron chi connectivity index (χ2n) is 5.57. The van der Waals surface area contributed by atoms with Crippen LogP contribution < -0.4 is 10.4 Å². The smallest absolute Gasteiger partial charge is 0.348 e. The summed E-state index contributed by atoms with van der Waals surface area (Å²) in [4.78, 5) is 16.5. The van der Waals surface area contributed by atoms with E-state index in [1.807, 2.05) is 0 Å². The van der Waals surface area contributed by atoms with Gasteiger partial charge in [0.05, 0.1) is 0 Å². The summed E-state index contributed by atoms with van der Waals surface area (Å²) in [6.45, 7) is 5.77. The Labute approximate surface area is 155 Å². The third-order valence-corrected chi connectivity index (χ3v) is 4.15. The first-order chi connectivity index (χ1) is 12.5. The molecule has 5 nitrogen and oxygen atoms in total. The van der Waals surface area contributed by atoms with Crippen molar-refractivity contribution in [3.8, 4) is 33.9 Å². The lowest BCUT2D eigenvalue weighted by atomic mass is 10.0. The molecule has 0 saturated carbocycles. The topological polar surface area (TPSA) is 72.6 Å². The molecule has 3 rings (SSSR count). The lowest BCUT2D eigenvalue weighted by Gasteiger charge is -2.12. The fourth-order valence-corrected chi connectivity index (χ4v) is 2.83. The number of aromatic hydroxyl groups is 1. The van der Waals surface area contributed by atoms with Crippen molar-refractivity contribution in [2.24, 2.45) is 0 Å². The molecule has 0 aliphatic heterocycles. The molecule has 3 aromatic rings. The lowest BCUT2D eigenvalue weighted by Crippen LogP contribution is -2.06. The van der Waals surface area contributed by atoms with Gasteiger partial charge in [-0.2, -0.15) is 0 Å². The molecule has 2 aromatic heterocycles. The quantitative estimate of drug-likeness (QED) is 0.665. The highest BCUT2D eigenvalue weighted by Gasteiger charge is 2.22. The van der Waals surface area contributed by atoms with Gasteiger partial charge in [-0.05, 0) is 42.3 Å². The highest BCUT2D eigenvalue weighted by Crippen LogP contribution is 2.40. The predicted octanol–water partition coefficient (Wildman–Crippen LogP) is 4.60. The van der Waals surface area contributed by atoms with Crippen LogP contribution in [0, 0.1) is 6.92 Å².